The molecule has 6 nitrogen and oxygen atoms in total. The second kappa shape index (κ2) is 7.23. The highest BCUT2D eigenvalue weighted by atomic mass is 32.1. The smallest absolute Gasteiger partial charge is 0.246 e. The lowest BCUT2D eigenvalue weighted by Gasteiger charge is -2.30. The van der Waals surface area contributed by atoms with Crippen LogP contribution in [0.2, 0.25) is 0 Å². The number of nitrogens with zero attached hydrogens (tertiary/aromatic N) is 2. The number of amides is 2. The van der Waals surface area contributed by atoms with E-state index in [1.54, 1.807) is 35.6 Å². The van der Waals surface area contributed by atoms with Crippen LogP contribution < -0.4 is 5.32 Å². The van der Waals surface area contributed by atoms with Crippen LogP contribution in [-0.2, 0) is 9.59 Å². The number of rotatable bonds is 4. The first-order chi connectivity index (χ1) is 11.2. The van der Waals surface area contributed by atoms with E-state index in [1.807, 2.05) is 5.38 Å². The maximum atomic E-state index is 12.1. The SMILES string of the molecule is O=C(Nc1nccs1)C1CCN(C(=O)C=Cc2ccco2)CC1. The van der Waals surface area contributed by atoms with Crippen molar-refractivity contribution in [1.29, 1.82) is 0 Å². The third-order valence-corrected chi connectivity index (χ3v) is 4.46. The zero-order chi connectivity index (χ0) is 16.1. The molecule has 0 aliphatic carbocycles. The Bertz CT molecular complexity index is 672. The molecule has 0 atom stereocenters. The van der Waals surface area contributed by atoms with E-state index in [1.165, 1.54) is 17.4 Å². The van der Waals surface area contributed by atoms with Crippen LogP contribution in [0, 0.1) is 5.92 Å². The third kappa shape index (κ3) is 4.07. The van der Waals surface area contributed by atoms with E-state index >= 15 is 0 Å². The van der Waals surface area contributed by atoms with Gasteiger partial charge in [0, 0.05) is 36.7 Å². The van der Waals surface area contributed by atoms with E-state index in [0.29, 0.717) is 36.8 Å². The Morgan fingerprint density at radius 2 is 2.22 bits per heavy atom. The average molecular weight is 331 g/mol. The van der Waals surface area contributed by atoms with Crippen LogP contribution in [0.15, 0.2) is 40.5 Å². The highest BCUT2D eigenvalue weighted by molar-refractivity contribution is 7.13. The Hall–Kier alpha value is -2.41. The van der Waals surface area contributed by atoms with E-state index in [0.717, 1.165) is 0 Å². The summed E-state index contributed by atoms with van der Waals surface area (Å²) in [5.74, 6) is 0.506. The Kier molecular flexibility index (Phi) is 4.87. The maximum absolute atomic E-state index is 12.1. The molecule has 2 aromatic heterocycles. The molecular formula is C16H17N3O3S. The molecule has 23 heavy (non-hydrogen) atoms. The van der Waals surface area contributed by atoms with E-state index in [2.05, 4.69) is 10.3 Å². The Morgan fingerprint density at radius 3 is 2.87 bits per heavy atom. The lowest BCUT2D eigenvalue weighted by Crippen LogP contribution is -2.40. The maximum Gasteiger partial charge on any atom is 0.246 e. The van der Waals surface area contributed by atoms with Crippen molar-refractivity contribution in [3.05, 3.63) is 41.8 Å². The molecule has 0 spiro atoms. The summed E-state index contributed by atoms with van der Waals surface area (Å²) >= 11 is 1.40. The number of thiazole rings is 1. The van der Waals surface area contributed by atoms with Gasteiger partial charge in [-0.15, -0.1) is 11.3 Å². The number of anilines is 1. The standard InChI is InChI=1S/C16H17N3O3S/c20-14(4-3-13-2-1-10-22-13)19-8-5-12(6-9-19)15(21)18-16-17-7-11-23-16/h1-4,7,10-12H,5-6,8-9H2,(H,17,18,21). The normalized spacial score (nSPS) is 15.9. The molecule has 1 fully saturated rings. The van der Waals surface area contributed by atoms with Crippen LogP contribution in [0.1, 0.15) is 18.6 Å². The number of carbonyl (C=O) groups is 2. The van der Waals surface area contributed by atoms with Gasteiger partial charge < -0.3 is 14.6 Å². The lowest BCUT2D eigenvalue weighted by atomic mass is 9.96. The van der Waals surface area contributed by atoms with Crippen molar-refractivity contribution < 1.29 is 14.0 Å². The number of furan rings is 1. The van der Waals surface area contributed by atoms with Crippen molar-refractivity contribution in [3.8, 4) is 0 Å². The van der Waals surface area contributed by atoms with Gasteiger partial charge in [-0.25, -0.2) is 4.98 Å². The van der Waals surface area contributed by atoms with Crippen molar-refractivity contribution in [2.45, 2.75) is 12.8 Å². The van der Waals surface area contributed by atoms with E-state index in [4.69, 9.17) is 4.42 Å². The Morgan fingerprint density at radius 1 is 1.39 bits per heavy atom. The van der Waals surface area contributed by atoms with Crippen LogP contribution >= 0.6 is 11.3 Å². The summed E-state index contributed by atoms with van der Waals surface area (Å²) in [6, 6.07) is 3.57. The van der Waals surface area contributed by atoms with Gasteiger partial charge in [0.2, 0.25) is 11.8 Å². The second-order valence-electron chi connectivity index (χ2n) is 5.27. The quantitative estimate of drug-likeness (QED) is 0.874. The summed E-state index contributed by atoms with van der Waals surface area (Å²) in [4.78, 5) is 30.1. The van der Waals surface area contributed by atoms with Crippen molar-refractivity contribution in [2.24, 2.45) is 5.92 Å². The van der Waals surface area contributed by atoms with Crippen molar-refractivity contribution >= 4 is 34.4 Å². The van der Waals surface area contributed by atoms with Gasteiger partial charge in [-0.3, -0.25) is 9.59 Å². The molecule has 0 unspecified atom stereocenters. The first kappa shape index (κ1) is 15.5. The second-order valence-corrected chi connectivity index (χ2v) is 6.17. The summed E-state index contributed by atoms with van der Waals surface area (Å²) < 4.78 is 5.15. The fourth-order valence-corrected chi connectivity index (χ4v) is 3.03. The van der Waals surface area contributed by atoms with Gasteiger partial charge >= 0.3 is 0 Å². The van der Waals surface area contributed by atoms with Gasteiger partial charge in [-0.05, 0) is 31.1 Å². The van der Waals surface area contributed by atoms with Crippen molar-refractivity contribution in [1.82, 2.24) is 9.88 Å². The number of carbonyl (C=O) groups excluding carboxylic acids is 2. The molecule has 1 N–H and O–H groups in total. The molecule has 0 bridgehead atoms. The monoisotopic (exact) mass is 331 g/mol. The van der Waals surface area contributed by atoms with Gasteiger partial charge in [-0.1, -0.05) is 0 Å². The average Bonchev–Trinajstić information content (AvgIpc) is 3.26. The summed E-state index contributed by atoms with van der Waals surface area (Å²) in [7, 11) is 0. The topological polar surface area (TPSA) is 75.4 Å². The summed E-state index contributed by atoms with van der Waals surface area (Å²) in [5, 5.41) is 5.26. The number of aromatic nitrogens is 1. The minimum absolute atomic E-state index is 0.0156. The molecule has 3 rings (SSSR count). The summed E-state index contributed by atoms with van der Waals surface area (Å²) in [6.45, 7) is 1.16. The zero-order valence-corrected chi connectivity index (χ0v) is 13.3. The predicted octanol–water partition coefficient (Wildman–Crippen LogP) is 2.63. The lowest BCUT2D eigenvalue weighted by molar-refractivity contribution is -0.130. The molecule has 1 aliphatic rings. The van der Waals surface area contributed by atoms with Gasteiger partial charge in [0.15, 0.2) is 5.13 Å². The summed E-state index contributed by atoms with van der Waals surface area (Å²) in [6.07, 6.45) is 7.72. The molecule has 0 saturated carbocycles. The molecular weight excluding hydrogens is 314 g/mol. The minimum Gasteiger partial charge on any atom is -0.465 e. The number of likely N-dealkylation sites (tertiary alicyclic amines) is 1. The molecule has 0 aromatic carbocycles. The molecule has 0 radical (unpaired) electrons. The van der Waals surface area contributed by atoms with Gasteiger partial charge in [-0.2, -0.15) is 0 Å². The molecule has 7 heteroatoms. The molecule has 120 valence electrons. The minimum atomic E-state index is -0.0722. The van der Waals surface area contributed by atoms with Crippen LogP contribution in [0.25, 0.3) is 6.08 Å². The molecule has 1 aliphatic heterocycles. The fraction of sp³-hybridized carbons (Fsp3) is 0.312. The third-order valence-electron chi connectivity index (χ3n) is 3.77. The van der Waals surface area contributed by atoms with Crippen LogP contribution in [0.5, 0.6) is 0 Å². The van der Waals surface area contributed by atoms with Crippen LogP contribution in [-0.4, -0.2) is 34.8 Å². The largest absolute Gasteiger partial charge is 0.465 e. The highest BCUT2D eigenvalue weighted by Crippen LogP contribution is 2.20. The number of nitrogens with one attached hydrogen (secondary N) is 1. The molecule has 2 aromatic rings. The molecule has 2 amide bonds. The van der Waals surface area contributed by atoms with Gasteiger partial charge in [0.25, 0.3) is 0 Å². The van der Waals surface area contributed by atoms with Crippen molar-refractivity contribution in [2.75, 3.05) is 18.4 Å². The highest BCUT2D eigenvalue weighted by Gasteiger charge is 2.26. The Balaban J connectivity index is 1.48. The number of hydrogen-bond acceptors (Lipinski definition) is 5. The number of hydrogen-bond donors (Lipinski definition) is 1. The molecule has 1 saturated heterocycles. The van der Waals surface area contributed by atoms with Crippen LogP contribution in [0.3, 0.4) is 0 Å². The first-order valence-electron chi connectivity index (χ1n) is 7.43. The summed E-state index contributed by atoms with van der Waals surface area (Å²) in [5.41, 5.74) is 0. The van der Waals surface area contributed by atoms with E-state index in [-0.39, 0.29) is 17.7 Å². The molecule has 3 heterocycles. The van der Waals surface area contributed by atoms with Crippen LogP contribution in [0.4, 0.5) is 5.13 Å². The predicted molar refractivity (Wildman–Crippen MR) is 87.8 cm³/mol. The first-order valence-corrected chi connectivity index (χ1v) is 8.31. The van der Waals surface area contributed by atoms with Gasteiger partial charge in [0.05, 0.1) is 6.26 Å². The Labute approximate surface area is 137 Å². The van der Waals surface area contributed by atoms with E-state index in [9.17, 15) is 9.59 Å². The van der Waals surface area contributed by atoms with E-state index < -0.39 is 0 Å². The fourth-order valence-electron chi connectivity index (χ4n) is 2.50. The number of piperidine rings is 1. The van der Waals surface area contributed by atoms with Gasteiger partial charge in [0.1, 0.15) is 5.76 Å². The van der Waals surface area contributed by atoms with Crippen molar-refractivity contribution in [3.63, 3.8) is 0 Å². The zero-order valence-electron chi connectivity index (χ0n) is 12.5.